The van der Waals surface area contributed by atoms with E-state index < -0.39 is 10.8 Å². The smallest absolute Gasteiger partial charge is 0.0727 e. The number of nitrogens with zero attached hydrogens (tertiary/aromatic N) is 3. The van der Waals surface area contributed by atoms with Crippen molar-refractivity contribution in [1.29, 1.82) is 0 Å². The second-order valence-electron chi connectivity index (χ2n) is 37.0. The monoisotopic (exact) mass is 1910 g/mol. The minimum atomic E-state index is -0.580. The lowest BCUT2D eigenvalue weighted by molar-refractivity contribution is 0.793. The van der Waals surface area contributed by atoms with Gasteiger partial charge in [-0.2, -0.15) is 0 Å². The maximum Gasteiger partial charge on any atom is 0.0727 e. The molecule has 28 rings (SSSR count). The van der Waals surface area contributed by atoms with Gasteiger partial charge in [0.25, 0.3) is 0 Å². The molecule has 0 heterocycles. The van der Waals surface area contributed by atoms with Crippen molar-refractivity contribution in [3.63, 3.8) is 0 Å². The van der Waals surface area contributed by atoms with E-state index in [1.165, 1.54) is 167 Å². The lowest BCUT2D eigenvalue weighted by atomic mass is 9.70. The zero-order chi connectivity index (χ0) is 93.9. The summed E-state index contributed by atoms with van der Waals surface area (Å²) in [5, 5.41) is 1.61. The predicted octanol–water partition coefficient (Wildman–Crippen LogP) is 36.9. The Balaban J connectivity index is 0.000000123. The highest BCUT2D eigenvalue weighted by Crippen LogP contribution is 2.69. The maximum absolute atomic E-state index is 7.00. The first-order chi connectivity index (χ1) is 69.7. The number of hydrogen-bond donors (Lipinski definition) is 0. The standard InChI is InChI=1S/C67H46N2.C43H28ClN.C25H14BrCl.B/c1-5-18-47(19-6-1)50-32-38-54(39-33-50)68(53-24-11-4-12-25-53)57-44-45-59-58-26-13-15-28-61(58)67(64(59)46-57)62-29-16-14-27-60(62)66-63(67)30-17-31-65(66)69(55-40-34-51(35-41-55)48-20-7-2-8-21-48)56-42-36-52(37-43-56)49-22-9-3-10-23-49;44-41-21-11-20-39-42(41)36-17-8-10-19-38(36)43(39)37-18-9-7-16-34(37)35-27-26-33(28-40(35)43)45(31-14-5-2-6-15-31)32-24-22-30(23-25-32)29-12-3-1-4-13-29;26-15-12-13-17-16-6-1-3-8-19(16)25(22(17)14-15)20-9-4-2-7-18(20)24-21(25)10-5-11-23(24)27;/h1-46H;1-28H;1-14H;. The first kappa shape index (κ1) is 86.9. The molecule has 3 atom stereocenters. The SMILES string of the molecule is Clc1cccc2c1-c1ccccc1C21c2ccccc2-c2ccc(Br)cc21.Clc1cccc2c1-c1ccccc1C21c2ccccc2-c2ccc(N(c3ccccc3)c3ccc(-c4ccccc4)cc3)cc21.[B].c1ccc(-c2ccc(N(c3ccccc3)c3ccc4c(c3)C3(c5ccccc5-4)c4ccccc4-c4c(N(c5ccc(-c6ccccc6)cc5)c5ccc(-c6ccccc6)cc5)cccc43)cc2)cc1. The third-order valence-electron chi connectivity index (χ3n) is 29.9. The number of para-hydroxylation sites is 2. The van der Waals surface area contributed by atoms with Gasteiger partial charge in [-0.05, 0) is 289 Å². The zero-order valence-corrected chi connectivity index (χ0v) is 80.5. The fourth-order valence-electron chi connectivity index (χ4n) is 24.1. The van der Waals surface area contributed by atoms with Gasteiger partial charge in [-0.1, -0.05) is 446 Å². The van der Waals surface area contributed by atoms with E-state index in [2.05, 4.69) is 552 Å². The van der Waals surface area contributed by atoms with Crippen LogP contribution >= 0.6 is 39.1 Å². The van der Waals surface area contributed by atoms with Crippen LogP contribution < -0.4 is 14.7 Å². The molecule has 3 spiro atoms. The Bertz CT molecular complexity index is 8540. The molecule has 0 aromatic heterocycles. The molecule has 142 heavy (non-hydrogen) atoms. The van der Waals surface area contributed by atoms with E-state index >= 15 is 0 Å². The van der Waals surface area contributed by atoms with Gasteiger partial charge in [0.1, 0.15) is 0 Å². The number of fused-ring (bicyclic) bond motifs is 30. The first-order valence-electron chi connectivity index (χ1n) is 48.2. The van der Waals surface area contributed by atoms with Crippen LogP contribution in [0.5, 0.6) is 0 Å². The largest absolute Gasteiger partial charge is 0.310 e. The second-order valence-corrected chi connectivity index (χ2v) is 38.8. The molecule has 0 aliphatic heterocycles. The van der Waals surface area contributed by atoms with E-state index in [-0.39, 0.29) is 13.8 Å². The molecule has 0 fully saturated rings. The van der Waals surface area contributed by atoms with Gasteiger partial charge in [0.2, 0.25) is 0 Å². The molecule has 6 aliphatic rings. The Labute approximate surface area is 849 Å². The van der Waals surface area contributed by atoms with Gasteiger partial charge in [-0.15, -0.1) is 0 Å². The van der Waals surface area contributed by atoms with Crippen LogP contribution in [0.15, 0.2) is 538 Å². The summed E-state index contributed by atoms with van der Waals surface area (Å²) >= 11 is 17.4. The van der Waals surface area contributed by atoms with E-state index in [1.807, 2.05) is 12.1 Å². The third kappa shape index (κ3) is 13.8. The predicted molar refractivity (Wildman–Crippen MR) is 597 cm³/mol. The van der Waals surface area contributed by atoms with Crippen molar-refractivity contribution < 1.29 is 0 Å². The number of rotatable bonds is 13. The van der Waals surface area contributed by atoms with Crippen LogP contribution in [0.3, 0.4) is 0 Å². The van der Waals surface area contributed by atoms with Crippen molar-refractivity contribution in [3.05, 3.63) is 615 Å². The molecule has 3 radical (unpaired) electrons. The fraction of sp³-hybridized carbons (Fsp3) is 0.0222. The lowest BCUT2D eigenvalue weighted by Gasteiger charge is -2.33. The first-order valence-corrected chi connectivity index (χ1v) is 49.8. The summed E-state index contributed by atoms with van der Waals surface area (Å²) in [5.41, 5.74) is 48.8. The molecular weight excluding hydrogens is 1830 g/mol. The summed E-state index contributed by atoms with van der Waals surface area (Å²) in [5.74, 6) is 0. The number of benzene rings is 22. The average molecular weight is 1910 g/mol. The summed E-state index contributed by atoms with van der Waals surface area (Å²) in [6, 6.07) is 194. The van der Waals surface area contributed by atoms with Crippen molar-refractivity contribution in [2.24, 2.45) is 0 Å². The number of hydrogen-bond acceptors (Lipinski definition) is 3. The van der Waals surface area contributed by atoms with Crippen LogP contribution in [0.2, 0.25) is 10.0 Å². The van der Waals surface area contributed by atoms with E-state index in [1.54, 1.807) is 0 Å². The maximum atomic E-state index is 7.00. The molecule has 0 bridgehead atoms. The molecule has 0 saturated heterocycles. The van der Waals surface area contributed by atoms with Gasteiger partial charge in [-0.25, -0.2) is 0 Å². The third-order valence-corrected chi connectivity index (χ3v) is 31.0. The highest BCUT2D eigenvalue weighted by atomic mass is 79.9. The van der Waals surface area contributed by atoms with E-state index in [4.69, 9.17) is 23.2 Å². The minimum absolute atomic E-state index is 0. The Kier molecular flexibility index (Phi) is 21.8. The fourth-order valence-corrected chi connectivity index (χ4v) is 25.0. The Morgan fingerprint density at radius 2 is 0.373 bits per heavy atom. The van der Waals surface area contributed by atoms with Crippen LogP contribution in [0.4, 0.5) is 51.2 Å². The van der Waals surface area contributed by atoms with Crippen molar-refractivity contribution in [1.82, 2.24) is 0 Å². The molecule has 667 valence electrons. The molecule has 0 N–H and O–H groups in total. The molecular formula is C135H88BBrCl2N3. The molecule has 0 saturated carbocycles. The topological polar surface area (TPSA) is 9.72 Å². The Morgan fingerprint density at radius 1 is 0.155 bits per heavy atom. The van der Waals surface area contributed by atoms with E-state index in [0.29, 0.717) is 0 Å². The van der Waals surface area contributed by atoms with E-state index in [0.717, 1.165) is 76.8 Å². The van der Waals surface area contributed by atoms with Crippen LogP contribution in [0, 0.1) is 0 Å². The summed E-state index contributed by atoms with van der Waals surface area (Å²) in [7, 11) is 0. The van der Waals surface area contributed by atoms with Gasteiger partial charge < -0.3 is 14.7 Å². The normalized spacial score (nSPS) is 15.0. The molecule has 7 heteroatoms. The Hall–Kier alpha value is -16.6. The molecule has 22 aromatic carbocycles. The van der Waals surface area contributed by atoms with Crippen molar-refractivity contribution in [2.45, 2.75) is 16.2 Å². The molecule has 0 amide bonds. The summed E-state index contributed by atoms with van der Waals surface area (Å²) in [6.07, 6.45) is 0. The van der Waals surface area contributed by atoms with Gasteiger partial charge in [0.05, 0.1) is 21.9 Å². The van der Waals surface area contributed by atoms with Crippen LogP contribution in [0.1, 0.15) is 66.8 Å². The highest BCUT2D eigenvalue weighted by molar-refractivity contribution is 9.10. The summed E-state index contributed by atoms with van der Waals surface area (Å²) < 4.78 is 1.10. The van der Waals surface area contributed by atoms with Crippen molar-refractivity contribution in [2.75, 3.05) is 14.7 Å². The van der Waals surface area contributed by atoms with E-state index in [9.17, 15) is 0 Å². The van der Waals surface area contributed by atoms with Crippen LogP contribution in [-0.2, 0) is 16.2 Å². The van der Waals surface area contributed by atoms with Crippen molar-refractivity contribution in [3.8, 4) is 111 Å². The summed E-state index contributed by atoms with van der Waals surface area (Å²) in [6.45, 7) is 0. The molecule has 3 unspecified atom stereocenters. The second kappa shape index (κ2) is 35.7. The number of anilines is 9. The van der Waals surface area contributed by atoms with Gasteiger partial charge >= 0.3 is 0 Å². The molecule has 22 aromatic rings. The Morgan fingerprint density at radius 3 is 0.704 bits per heavy atom. The number of halogens is 3. The quantitative estimate of drug-likeness (QED) is 0.107. The zero-order valence-electron chi connectivity index (χ0n) is 77.4. The van der Waals surface area contributed by atoms with Gasteiger partial charge in [0, 0.05) is 85.1 Å². The molecule has 3 nitrogen and oxygen atoms in total. The highest BCUT2D eigenvalue weighted by Gasteiger charge is 2.56. The molecule has 6 aliphatic carbocycles. The van der Waals surface area contributed by atoms with Crippen LogP contribution in [-0.4, -0.2) is 8.41 Å². The van der Waals surface area contributed by atoms with Gasteiger partial charge in [0.15, 0.2) is 0 Å². The lowest BCUT2D eigenvalue weighted by Crippen LogP contribution is -2.26. The van der Waals surface area contributed by atoms with Crippen molar-refractivity contribution >= 4 is 98.7 Å². The minimum Gasteiger partial charge on any atom is -0.310 e. The average Bonchev–Trinajstić information content (AvgIpc) is 1.49. The van der Waals surface area contributed by atoms with Gasteiger partial charge in [-0.3, -0.25) is 0 Å². The van der Waals surface area contributed by atoms with Crippen LogP contribution in [0.25, 0.3) is 111 Å². The summed E-state index contributed by atoms with van der Waals surface area (Å²) in [4.78, 5) is 7.24.